The van der Waals surface area contributed by atoms with E-state index in [0.29, 0.717) is 37.9 Å². The molecule has 5 rings (SSSR count). The summed E-state index contributed by atoms with van der Waals surface area (Å²) in [6.45, 7) is 9.29. The summed E-state index contributed by atoms with van der Waals surface area (Å²) in [7, 11) is 1.50. The van der Waals surface area contributed by atoms with Crippen molar-refractivity contribution in [2.45, 2.75) is 51.4 Å². The van der Waals surface area contributed by atoms with Crippen LogP contribution in [-0.4, -0.2) is 79.6 Å². The van der Waals surface area contributed by atoms with Gasteiger partial charge >= 0.3 is 11.9 Å². The van der Waals surface area contributed by atoms with Gasteiger partial charge in [0.15, 0.2) is 0 Å². The molecule has 0 unspecified atom stereocenters. The third kappa shape index (κ3) is 13.8. The number of aromatic hydroxyl groups is 2. The van der Waals surface area contributed by atoms with Gasteiger partial charge in [0.1, 0.15) is 49.4 Å². The number of hydrogen-bond donors (Lipinski definition) is 2. The van der Waals surface area contributed by atoms with Crippen LogP contribution >= 0.6 is 0 Å². The van der Waals surface area contributed by atoms with E-state index in [1.807, 2.05) is 72.8 Å². The van der Waals surface area contributed by atoms with Crippen LogP contribution < -0.4 is 28.4 Å². The number of carbonyl (C=O) groups is 2. The van der Waals surface area contributed by atoms with Crippen molar-refractivity contribution in [3.05, 3.63) is 98.1 Å². The van der Waals surface area contributed by atoms with Crippen molar-refractivity contribution in [1.82, 2.24) is 4.57 Å². The van der Waals surface area contributed by atoms with E-state index in [4.69, 9.17) is 37.9 Å². The average molecular weight is 826 g/mol. The Labute approximate surface area is 350 Å². The maximum Gasteiger partial charge on any atom is 0.330 e. The van der Waals surface area contributed by atoms with Crippen LogP contribution in [0.2, 0.25) is 0 Å². The molecule has 0 aliphatic rings. The van der Waals surface area contributed by atoms with Gasteiger partial charge in [-0.05, 0) is 121 Å². The lowest BCUT2D eigenvalue weighted by Crippen LogP contribution is -2.11. The number of hydrogen-bond acceptors (Lipinski definition) is 12. The maximum absolute atomic E-state index is 11.1. The van der Waals surface area contributed by atoms with Crippen molar-refractivity contribution in [2.24, 2.45) is 7.05 Å². The minimum absolute atomic E-state index is 0.00827. The van der Waals surface area contributed by atoms with E-state index >= 15 is 0 Å². The number of unbranched alkanes of at least 4 members (excludes halogenated alkanes) is 6. The Morgan fingerprint density at radius 1 is 0.467 bits per heavy atom. The summed E-state index contributed by atoms with van der Waals surface area (Å²) in [5.41, 5.74) is 0. The molecule has 2 N–H and O–H groups in total. The van der Waals surface area contributed by atoms with E-state index in [1.54, 1.807) is 0 Å². The topological polar surface area (TPSA) is 153 Å². The number of ether oxygens (including phenoxy) is 8. The molecule has 60 heavy (non-hydrogen) atoms. The van der Waals surface area contributed by atoms with E-state index in [0.717, 1.165) is 84.4 Å². The van der Waals surface area contributed by atoms with Gasteiger partial charge in [0, 0.05) is 19.2 Å². The Kier molecular flexibility index (Phi) is 17.7. The van der Waals surface area contributed by atoms with Crippen molar-refractivity contribution >= 4 is 33.5 Å². The molecule has 1 aromatic heterocycles. The highest BCUT2D eigenvalue weighted by Gasteiger charge is 2.24. The lowest BCUT2D eigenvalue weighted by Gasteiger charge is -2.12. The SMILES string of the molecule is C=CC(=O)OCCCCCCOc1ccc2cc(OCCOc3c(OCCOc4ccc5cc(OCCCCCCOC(=O)C=C)ccc5c4)c(O)n(C)c3O)ccc2c1. The number of nitrogens with zero attached hydrogens (tertiary/aromatic N) is 1. The van der Waals surface area contributed by atoms with Gasteiger partial charge in [-0.25, -0.2) is 9.59 Å². The fourth-order valence-electron chi connectivity index (χ4n) is 6.20. The van der Waals surface area contributed by atoms with E-state index in [1.165, 1.54) is 23.8 Å². The Balaban J connectivity index is 0.998. The second kappa shape index (κ2) is 23.8. The Bertz CT molecular complexity index is 2030. The molecular formula is C47H55NO12. The molecule has 0 saturated heterocycles. The van der Waals surface area contributed by atoms with Gasteiger partial charge in [-0.3, -0.25) is 4.57 Å². The summed E-state index contributed by atoms with van der Waals surface area (Å²) in [5.74, 6) is 1.57. The van der Waals surface area contributed by atoms with Crippen LogP contribution in [0, 0.1) is 0 Å². The number of fused-ring (bicyclic) bond motifs is 2. The first-order valence-electron chi connectivity index (χ1n) is 20.3. The first-order valence-corrected chi connectivity index (χ1v) is 20.3. The van der Waals surface area contributed by atoms with E-state index in [-0.39, 0.29) is 49.7 Å². The molecule has 5 aromatic rings. The van der Waals surface area contributed by atoms with Crippen molar-refractivity contribution in [2.75, 3.05) is 52.9 Å². The summed E-state index contributed by atoms with van der Waals surface area (Å²) < 4.78 is 46.5. The van der Waals surface area contributed by atoms with Crippen LogP contribution in [0.25, 0.3) is 21.5 Å². The predicted octanol–water partition coefficient (Wildman–Crippen LogP) is 9.00. The molecule has 320 valence electrons. The number of esters is 2. The van der Waals surface area contributed by atoms with E-state index < -0.39 is 11.9 Å². The Hall–Kier alpha value is -6.50. The van der Waals surface area contributed by atoms with Crippen molar-refractivity contribution in [1.29, 1.82) is 0 Å². The summed E-state index contributed by atoms with van der Waals surface area (Å²) >= 11 is 0. The van der Waals surface area contributed by atoms with Crippen LogP contribution in [0.5, 0.6) is 46.3 Å². The first-order chi connectivity index (χ1) is 29.2. The average Bonchev–Trinajstić information content (AvgIpc) is 3.47. The van der Waals surface area contributed by atoms with Gasteiger partial charge in [0.25, 0.3) is 0 Å². The van der Waals surface area contributed by atoms with Gasteiger partial charge in [0.05, 0.1) is 26.4 Å². The number of benzene rings is 4. The molecular weight excluding hydrogens is 771 g/mol. The highest BCUT2D eigenvalue weighted by atomic mass is 16.6. The standard InChI is InChI=1S/C47H55NO12/c1-4-42(49)57-24-12-8-6-10-22-53-38-18-14-36-32-40(20-16-34(36)30-38)55-26-28-59-44-45(47(52)48(3)46(44)51)60-29-27-56-41-21-17-35-31-39(19-15-37(35)33-41)54-23-11-7-9-13-25-58-43(50)5-2/h4-5,14-21,30-33,51-52H,1-2,6-13,22-29H2,3H3. The van der Waals surface area contributed by atoms with Crippen molar-refractivity contribution < 1.29 is 57.7 Å². The van der Waals surface area contributed by atoms with Crippen LogP contribution in [0.1, 0.15) is 51.4 Å². The zero-order valence-electron chi connectivity index (χ0n) is 34.2. The quantitative estimate of drug-likeness (QED) is 0.0281. The fourth-order valence-corrected chi connectivity index (χ4v) is 6.20. The van der Waals surface area contributed by atoms with Crippen LogP contribution in [0.4, 0.5) is 0 Å². The lowest BCUT2D eigenvalue weighted by atomic mass is 10.1. The maximum atomic E-state index is 11.1. The molecule has 0 bridgehead atoms. The van der Waals surface area contributed by atoms with Gasteiger partial charge in [-0.15, -0.1) is 0 Å². The summed E-state index contributed by atoms with van der Waals surface area (Å²) in [6.07, 6.45) is 9.65. The third-order valence-corrected chi connectivity index (χ3v) is 9.45. The van der Waals surface area contributed by atoms with Gasteiger partial charge in [0.2, 0.25) is 23.3 Å². The molecule has 0 radical (unpaired) electrons. The molecule has 0 fully saturated rings. The number of rotatable bonds is 28. The molecule has 0 spiro atoms. The normalized spacial score (nSPS) is 10.9. The lowest BCUT2D eigenvalue weighted by molar-refractivity contribution is -0.138. The largest absolute Gasteiger partial charge is 0.494 e. The van der Waals surface area contributed by atoms with E-state index in [9.17, 15) is 19.8 Å². The Morgan fingerprint density at radius 2 is 0.767 bits per heavy atom. The molecule has 13 nitrogen and oxygen atoms in total. The van der Waals surface area contributed by atoms with Gasteiger partial charge in [-0.1, -0.05) is 37.4 Å². The molecule has 0 amide bonds. The molecule has 13 heteroatoms. The summed E-state index contributed by atoms with van der Waals surface area (Å²) in [4.78, 5) is 22.2. The fraction of sp³-hybridized carbons (Fsp3) is 0.362. The zero-order chi connectivity index (χ0) is 42.5. The molecule has 0 aliphatic heterocycles. The van der Waals surface area contributed by atoms with Crippen LogP contribution in [0.3, 0.4) is 0 Å². The number of carbonyl (C=O) groups excluding carboxylic acids is 2. The van der Waals surface area contributed by atoms with Crippen LogP contribution in [0.15, 0.2) is 98.1 Å². The monoisotopic (exact) mass is 825 g/mol. The molecule has 0 aliphatic carbocycles. The van der Waals surface area contributed by atoms with Gasteiger partial charge < -0.3 is 48.1 Å². The summed E-state index contributed by atoms with van der Waals surface area (Å²) in [6, 6.07) is 23.3. The van der Waals surface area contributed by atoms with Gasteiger partial charge in [-0.2, -0.15) is 0 Å². The highest BCUT2D eigenvalue weighted by molar-refractivity contribution is 5.86. The first kappa shape index (κ1) is 44.6. The minimum atomic E-state index is -0.391. The molecule has 1 heterocycles. The second-order valence-electron chi connectivity index (χ2n) is 13.9. The zero-order valence-corrected chi connectivity index (χ0v) is 34.2. The van der Waals surface area contributed by atoms with E-state index in [2.05, 4.69) is 13.2 Å². The number of aromatic nitrogens is 1. The molecule has 0 saturated carbocycles. The highest BCUT2D eigenvalue weighted by Crippen LogP contribution is 2.46. The predicted molar refractivity (Wildman–Crippen MR) is 229 cm³/mol. The van der Waals surface area contributed by atoms with Crippen LogP contribution in [-0.2, 0) is 26.1 Å². The Morgan fingerprint density at radius 3 is 1.10 bits per heavy atom. The molecule has 4 aromatic carbocycles. The summed E-state index contributed by atoms with van der Waals surface area (Å²) in [5, 5.41) is 25.3. The third-order valence-electron chi connectivity index (χ3n) is 9.45. The van der Waals surface area contributed by atoms with Crippen molar-refractivity contribution in [3.63, 3.8) is 0 Å². The second-order valence-corrected chi connectivity index (χ2v) is 13.9. The smallest absolute Gasteiger partial charge is 0.330 e. The molecule has 0 atom stereocenters. The minimum Gasteiger partial charge on any atom is -0.494 e. The van der Waals surface area contributed by atoms with Crippen molar-refractivity contribution in [3.8, 4) is 46.3 Å².